The Hall–Kier alpha value is -1.68. The van der Waals surface area contributed by atoms with Gasteiger partial charge in [0.2, 0.25) is 0 Å². The number of aromatic nitrogens is 3. The topological polar surface area (TPSA) is 53.6 Å². The Morgan fingerprint density at radius 2 is 2.05 bits per heavy atom. The van der Waals surface area contributed by atoms with Gasteiger partial charge in [0.1, 0.15) is 12.0 Å². The Bertz CT molecular complexity index is 698. The molecule has 0 radical (unpaired) electrons. The van der Waals surface area contributed by atoms with Crippen molar-refractivity contribution in [2.75, 3.05) is 13.1 Å². The zero-order valence-electron chi connectivity index (χ0n) is 12.6. The molecule has 0 saturated heterocycles. The molecule has 3 heterocycles. The highest BCUT2D eigenvalue weighted by Crippen LogP contribution is 2.34. The number of rotatable bonds is 1. The van der Waals surface area contributed by atoms with Crippen LogP contribution in [0.1, 0.15) is 43.1 Å². The summed E-state index contributed by atoms with van der Waals surface area (Å²) in [6, 6.07) is 0. The Morgan fingerprint density at radius 1 is 1.14 bits per heavy atom. The predicted molar refractivity (Wildman–Crippen MR) is 85.2 cm³/mol. The minimum absolute atomic E-state index is 0.812. The first-order chi connectivity index (χ1) is 10.3. The van der Waals surface area contributed by atoms with Crippen LogP contribution in [0.15, 0.2) is 12.4 Å². The fraction of sp³-hybridized carbons (Fsp3) is 0.529. The molecule has 2 aromatic heterocycles. The summed E-state index contributed by atoms with van der Waals surface area (Å²) < 4.78 is 0. The first-order valence-corrected chi connectivity index (χ1v) is 8.07. The number of H-pyrrole nitrogens is 1. The van der Waals surface area contributed by atoms with Crippen LogP contribution in [0.25, 0.3) is 16.6 Å². The van der Waals surface area contributed by atoms with E-state index in [0.717, 1.165) is 49.6 Å². The van der Waals surface area contributed by atoms with Crippen LogP contribution in [0.4, 0.5) is 0 Å². The Morgan fingerprint density at radius 3 is 2.90 bits per heavy atom. The van der Waals surface area contributed by atoms with E-state index >= 15 is 0 Å². The van der Waals surface area contributed by atoms with Gasteiger partial charge in [0.25, 0.3) is 0 Å². The van der Waals surface area contributed by atoms with Gasteiger partial charge < -0.3 is 10.3 Å². The van der Waals surface area contributed by atoms with Crippen LogP contribution in [0.2, 0.25) is 0 Å². The molecule has 4 rings (SSSR count). The monoisotopic (exact) mass is 282 g/mol. The van der Waals surface area contributed by atoms with Crippen LogP contribution in [0.3, 0.4) is 0 Å². The number of aryl methyl sites for hydroxylation is 2. The lowest BCUT2D eigenvalue weighted by atomic mass is 9.98. The van der Waals surface area contributed by atoms with Gasteiger partial charge in [-0.05, 0) is 55.7 Å². The van der Waals surface area contributed by atoms with Gasteiger partial charge in [0.15, 0.2) is 0 Å². The van der Waals surface area contributed by atoms with Crippen LogP contribution in [-0.4, -0.2) is 28.0 Å². The molecule has 0 fully saturated rings. The van der Waals surface area contributed by atoms with Crippen molar-refractivity contribution < 1.29 is 0 Å². The lowest BCUT2D eigenvalue weighted by Gasteiger charge is -2.14. The quantitative estimate of drug-likeness (QED) is 0.791. The number of nitrogens with one attached hydrogen (secondary N) is 2. The van der Waals surface area contributed by atoms with Crippen molar-refractivity contribution in [3.8, 4) is 0 Å². The zero-order chi connectivity index (χ0) is 14.2. The van der Waals surface area contributed by atoms with Crippen molar-refractivity contribution in [3.05, 3.63) is 29.4 Å². The largest absolute Gasteiger partial charge is 0.343 e. The van der Waals surface area contributed by atoms with Gasteiger partial charge in [-0.3, -0.25) is 0 Å². The number of hydrogen-bond acceptors (Lipinski definition) is 3. The second-order valence-corrected chi connectivity index (χ2v) is 6.39. The maximum Gasteiger partial charge on any atom is 0.141 e. The second kappa shape index (κ2) is 5.26. The maximum atomic E-state index is 4.63. The molecule has 110 valence electrons. The van der Waals surface area contributed by atoms with E-state index in [0.29, 0.717) is 0 Å². The molecule has 0 bridgehead atoms. The molecule has 4 heteroatoms. The van der Waals surface area contributed by atoms with Crippen molar-refractivity contribution in [2.45, 2.75) is 39.0 Å². The average Bonchev–Trinajstić information content (AvgIpc) is 2.79. The molecule has 21 heavy (non-hydrogen) atoms. The molecule has 2 aliphatic rings. The van der Waals surface area contributed by atoms with Gasteiger partial charge in [-0.2, -0.15) is 0 Å². The molecule has 4 nitrogen and oxygen atoms in total. The first kappa shape index (κ1) is 13.0. The van der Waals surface area contributed by atoms with Crippen LogP contribution in [0, 0.1) is 5.92 Å². The Labute approximate surface area is 125 Å². The van der Waals surface area contributed by atoms with Crippen molar-refractivity contribution in [1.82, 2.24) is 20.3 Å². The molecule has 2 N–H and O–H groups in total. The van der Waals surface area contributed by atoms with E-state index in [1.807, 2.05) is 0 Å². The number of nitrogens with zero attached hydrogens (tertiary/aromatic N) is 2. The normalized spacial score (nSPS) is 22.7. The summed E-state index contributed by atoms with van der Waals surface area (Å²) in [7, 11) is 0. The number of hydrogen-bond donors (Lipinski definition) is 2. The van der Waals surface area contributed by atoms with E-state index in [9.17, 15) is 0 Å². The molecule has 1 atom stereocenters. The zero-order valence-corrected chi connectivity index (χ0v) is 12.6. The summed E-state index contributed by atoms with van der Waals surface area (Å²) in [5.74, 6) is 0.812. The average molecular weight is 282 g/mol. The minimum atomic E-state index is 0.812. The number of fused-ring (bicyclic) bond motifs is 3. The van der Waals surface area contributed by atoms with Crippen LogP contribution >= 0.6 is 0 Å². The minimum Gasteiger partial charge on any atom is -0.343 e. The van der Waals surface area contributed by atoms with Crippen LogP contribution in [0.5, 0.6) is 0 Å². The summed E-state index contributed by atoms with van der Waals surface area (Å²) in [6.45, 7) is 4.35. The van der Waals surface area contributed by atoms with Crippen LogP contribution < -0.4 is 5.32 Å². The van der Waals surface area contributed by atoms with Gasteiger partial charge >= 0.3 is 0 Å². The van der Waals surface area contributed by atoms with Crippen molar-refractivity contribution in [3.63, 3.8) is 0 Å². The molecule has 0 amide bonds. The molecule has 1 aliphatic heterocycles. The highest BCUT2D eigenvalue weighted by molar-refractivity contribution is 5.92. The Balaban J connectivity index is 1.88. The maximum absolute atomic E-state index is 4.63. The van der Waals surface area contributed by atoms with E-state index in [1.54, 1.807) is 6.33 Å². The standard InChI is InChI=1S/C17H22N4/c1-11-2-4-13-14(5-3-11)21-17-15(13)16(19-10-20-17)12-6-8-18-9-7-12/h6,10-11,18H,2-5,7-9H2,1H3,(H,19,20,21). The summed E-state index contributed by atoms with van der Waals surface area (Å²) in [5.41, 5.74) is 6.43. The molecular formula is C17H22N4. The summed E-state index contributed by atoms with van der Waals surface area (Å²) >= 11 is 0. The van der Waals surface area contributed by atoms with Gasteiger partial charge in [-0.15, -0.1) is 0 Å². The molecule has 1 aliphatic carbocycles. The Kier molecular flexibility index (Phi) is 3.26. The van der Waals surface area contributed by atoms with Crippen molar-refractivity contribution >= 4 is 16.6 Å². The van der Waals surface area contributed by atoms with Crippen molar-refractivity contribution in [1.29, 1.82) is 0 Å². The SMILES string of the molecule is CC1CCc2[nH]c3ncnc(C4=CCNCC4)c3c2CC1. The third-order valence-electron chi connectivity index (χ3n) is 4.92. The predicted octanol–water partition coefficient (Wildman–Crippen LogP) is 2.85. The molecule has 0 saturated carbocycles. The summed E-state index contributed by atoms with van der Waals surface area (Å²) in [6.07, 6.45) is 9.89. The fourth-order valence-electron chi connectivity index (χ4n) is 3.63. The van der Waals surface area contributed by atoms with E-state index in [4.69, 9.17) is 0 Å². The summed E-state index contributed by atoms with van der Waals surface area (Å²) in [4.78, 5) is 12.7. The lowest BCUT2D eigenvalue weighted by molar-refractivity contribution is 0.508. The highest BCUT2D eigenvalue weighted by atomic mass is 14.9. The smallest absolute Gasteiger partial charge is 0.141 e. The molecule has 1 unspecified atom stereocenters. The molecule has 2 aromatic rings. The van der Waals surface area contributed by atoms with Gasteiger partial charge in [-0.25, -0.2) is 9.97 Å². The van der Waals surface area contributed by atoms with Crippen LogP contribution in [-0.2, 0) is 12.8 Å². The van der Waals surface area contributed by atoms with E-state index in [1.165, 1.54) is 35.1 Å². The van der Waals surface area contributed by atoms with E-state index in [-0.39, 0.29) is 0 Å². The highest BCUT2D eigenvalue weighted by Gasteiger charge is 2.22. The van der Waals surface area contributed by atoms with E-state index < -0.39 is 0 Å². The van der Waals surface area contributed by atoms with Gasteiger partial charge in [0, 0.05) is 17.6 Å². The molecule has 0 aromatic carbocycles. The third-order valence-corrected chi connectivity index (χ3v) is 4.92. The first-order valence-electron chi connectivity index (χ1n) is 8.07. The van der Waals surface area contributed by atoms with E-state index in [2.05, 4.69) is 33.3 Å². The third kappa shape index (κ3) is 2.27. The molecule has 0 spiro atoms. The summed E-state index contributed by atoms with van der Waals surface area (Å²) in [5, 5.41) is 4.66. The second-order valence-electron chi connectivity index (χ2n) is 6.39. The number of aromatic amines is 1. The van der Waals surface area contributed by atoms with Crippen molar-refractivity contribution in [2.24, 2.45) is 5.92 Å². The molecular weight excluding hydrogens is 260 g/mol. The lowest BCUT2D eigenvalue weighted by Crippen LogP contribution is -2.20. The fourth-order valence-corrected chi connectivity index (χ4v) is 3.63. The van der Waals surface area contributed by atoms with Gasteiger partial charge in [0.05, 0.1) is 5.69 Å². The van der Waals surface area contributed by atoms with Gasteiger partial charge in [-0.1, -0.05) is 13.0 Å².